The molecule has 3 fully saturated rings. The minimum Gasteiger partial charge on any atom is -0.379 e. The van der Waals surface area contributed by atoms with Crippen molar-refractivity contribution in [3.8, 4) is 0 Å². The fraction of sp³-hybridized carbons (Fsp3) is 0.789. The third-order valence-corrected chi connectivity index (χ3v) is 5.31. The van der Waals surface area contributed by atoms with E-state index in [0.717, 1.165) is 64.4 Å². The monoisotopic (exact) mass is 349 g/mol. The Kier molecular flexibility index (Phi) is 6.48. The van der Waals surface area contributed by atoms with Crippen LogP contribution in [0.4, 0.5) is 0 Å². The summed E-state index contributed by atoms with van der Waals surface area (Å²) in [7, 11) is 0. The number of piperidine rings is 1. The Morgan fingerprint density at radius 1 is 1.16 bits per heavy atom. The standard InChI is InChI=1S/C19H31N3O3/c1-15(13-21-7-9-25-10-8-21)11-18(23)22-6-2-3-17(14-22)19(24)20-12-16-4-5-16/h11,16-17H,2-10,12-14H2,1H3,(H,20,24)/b15-11+. The zero-order valence-electron chi connectivity index (χ0n) is 15.3. The fourth-order valence-corrected chi connectivity index (χ4v) is 3.56. The SMILES string of the molecule is C/C(=C\C(=O)N1CCCC(C(=O)NCC2CC2)C1)CN1CCOCC1. The van der Waals surface area contributed by atoms with E-state index in [1.807, 2.05) is 11.8 Å². The van der Waals surface area contributed by atoms with Gasteiger partial charge in [0.15, 0.2) is 0 Å². The van der Waals surface area contributed by atoms with Crippen molar-refractivity contribution in [1.82, 2.24) is 15.1 Å². The maximum atomic E-state index is 12.6. The lowest BCUT2D eigenvalue weighted by Crippen LogP contribution is -2.45. The number of likely N-dealkylation sites (tertiary alicyclic amines) is 1. The van der Waals surface area contributed by atoms with Gasteiger partial charge in [0.1, 0.15) is 0 Å². The molecule has 0 spiro atoms. The summed E-state index contributed by atoms with van der Waals surface area (Å²) in [6, 6.07) is 0. The molecule has 6 nitrogen and oxygen atoms in total. The Balaban J connectivity index is 1.46. The zero-order valence-corrected chi connectivity index (χ0v) is 15.3. The third-order valence-electron chi connectivity index (χ3n) is 5.31. The third kappa shape index (κ3) is 5.82. The molecule has 1 saturated carbocycles. The van der Waals surface area contributed by atoms with E-state index in [-0.39, 0.29) is 17.7 Å². The van der Waals surface area contributed by atoms with Gasteiger partial charge in [-0.2, -0.15) is 0 Å². The maximum Gasteiger partial charge on any atom is 0.246 e. The van der Waals surface area contributed by atoms with Gasteiger partial charge in [-0.05, 0) is 38.5 Å². The first-order chi connectivity index (χ1) is 12.1. The second-order valence-corrected chi connectivity index (χ2v) is 7.69. The number of hydrogen-bond donors (Lipinski definition) is 1. The lowest BCUT2D eigenvalue weighted by atomic mass is 9.97. The van der Waals surface area contributed by atoms with E-state index in [2.05, 4.69) is 10.2 Å². The number of ether oxygens (including phenoxy) is 1. The van der Waals surface area contributed by atoms with E-state index in [0.29, 0.717) is 12.5 Å². The first kappa shape index (κ1) is 18.4. The Labute approximate surface area is 150 Å². The lowest BCUT2D eigenvalue weighted by molar-refractivity contribution is -0.132. The second kappa shape index (κ2) is 8.81. The minimum absolute atomic E-state index is 0.0467. The number of nitrogens with one attached hydrogen (secondary N) is 1. The molecule has 0 radical (unpaired) electrons. The van der Waals surface area contributed by atoms with Gasteiger partial charge in [0.05, 0.1) is 19.1 Å². The molecule has 3 rings (SSSR count). The summed E-state index contributed by atoms with van der Waals surface area (Å²) in [5, 5.41) is 3.06. The normalized spacial score (nSPS) is 25.7. The van der Waals surface area contributed by atoms with Gasteiger partial charge in [0.2, 0.25) is 11.8 Å². The van der Waals surface area contributed by atoms with Crippen LogP contribution in [0, 0.1) is 11.8 Å². The summed E-state index contributed by atoms with van der Waals surface area (Å²) >= 11 is 0. The summed E-state index contributed by atoms with van der Waals surface area (Å²) in [5.74, 6) is 0.810. The predicted molar refractivity (Wildman–Crippen MR) is 96.1 cm³/mol. The van der Waals surface area contributed by atoms with Crippen LogP contribution < -0.4 is 5.32 Å². The molecular weight excluding hydrogens is 318 g/mol. The van der Waals surface area contributed by atoms with Crippen LogP contribution in [-0.2, 0) is 14.3 Å². The Bertz CT molecular complexity index is 510. The molecule has 1 atom stereocenters. The van der Waals surface area contributed by atoms with Gasteiger partial charge in [0, 0.05) is 45.3 Å². The number of nitrogens with zero attached hydrogens (tertiary/aromatic N) is 2. The van der Waals surface area contributed by atoms with Crippen molar-refractivity contribution in [2.75, 3.05) is 52.5 Å². The number of morpholine rings is 1. The van der Waals surface area contributed by atoms with Crippen molar-refractivity contribution < 1.29 is 14.3 Å². The lowest BCUT2D eigenvalue weighted by Gasteiger charge is -2.32. The molecule has 0 aromatic carbocycles. The number of carbonyl (C=O) groups is 2. The van der Waals surface area contributed by atoms with Gasteiger partial charge in [-0.25, -0.2) is 0 Å². The zero-order chi connectivity index (χ0) is 17.6. The van der Waals surface area contributed by atoms with Crippen molar-refractivity contribution in [3.05, 3.63) is 11.6 Å². The van der Waals surface area contributed by atoms with E-state index >= 15 is 0 Å². The molecule has 1 unspecified atom stereocenters. The molecule has 2 amide bonds. The van der Waals surface area contributed by atoms with E-state index in [1.54, 1.807) is 6.08 Å². The van der Waals surface area contributed by atoms with Gasteiger partial charge in [-0.3, -0.25) is 14.5 Å². The Morgan fingerprint density at radius 3 is 2.64 bits per heavy atom. The largest absolute Gasteiger partial charge is 0.379 e. The molecule has 0 aromatic rings. The Morgan fingerprint density at radius 2 is 1.92 bits per heavy atom. The van der Waals surface area contributed by atoms with Gasteiger partial charge in [-0.15, -0.1) is 0 Å². The van der Waals surface area contributed by atoms with Gasteiger partial charge in [-0.1, -0.05) is 5.57 Å². The molecule has 1 aliphatic carbocycles. The highest BCUT2D eigenvalue weighted by molar-refractivity contribution is 5.89. The number of carbonyl (C=O) groups excluding carboxylic acids is 2. The predicted octanol–water partition coefficient (Wildman–Crippen LogP) is 1.03. The van der Waals surface area contributed by atoms with Gasteiger partial charge >= 0.3 is 0 Å². The highest BCUT2D eigenvalue weighted by atomic mass is 16.5. The maximum absolute atomic E-state index is 12.6. The molecule has 3 aliphatic rings. The Hall–Kier alpha value is -1.40. The smallest absolute Gasteiger partial charge is 0.246 e. The quantitative estimate of drug-likeness (QED) is 0.728. The van der Waals surface area contributed by atoms with E-state index < -0.39 is 0 Å². The van der Waals surface area contributed by atoms with Crippen molar-refractivity contribution in [2.45, 2.75) is 32.6 Å². The van der Waals surface area contributed by atoms with Crippen LogP contribution in [-0.4, -0.2) is 74.1 Å². The van der Waals surface area contributed by atoms with Gasteiger partial charge < -0.3 is 15.0 Å². The number of amides is 2. The van der Waals surface area contributed by atoms with Crippen LogP contribution in [0.25, 0.3) is 0 Å². The summed E-state index contributed by atoms with van der Waals surface area (Å²) in [6.07, 6.45) is 6.02. The van der Waals surface area contributed by atoms with Crippen molar-refractivity contribution in [3.63, 3.8) is 0 Å². The molecule has 2 saturated heterocycles. The average Bonchev–Trinajstić information content (AvgIpc) is 3.45. The topological polar surface area (TPSA) is 61.9 Å². The van der Waals surface area contributed by atoms with Crippen molar-refractivity contribution in [2.24, 2.45) is 11.8 Å². The summed E-state index contributed by atoms with van der Waals surface area (Å²) in [6.45, 7) is 8.32. The molecule has 1 N–H and O–H groups in total. The summed E-state index contributed by atoms with van der Waals surface area (Å²) in [5.41, 5.74) is 1.08. The molecule has 6 heteroatoms. The second-order valence-electron chi connectivity index (χ2n) is 7.69. The molecule has 2 heterocycles. The molecular formula is C19H31N3O3. The molecule has 2 aliphatic heterocycles. The molecule has 140 valence electrons. The highest BCUT2D eigenvalue weighted by Crippen LogP contribution is 2.28. The first-order valence-electron chi connectivity index (χ1n) is 9.65. The van der Waals surface area contributed by atoms with Crippen LogP contribution in [0.2, 0.25) is 0 Å². The van der Waals surface area contributed by atoms with Crippen molar-refractivity contribution in [1.29, 1.82) is 0 Å². The molecule has 0 aromatic heterocycles. The first-order valence-corrected chi connectivity index (χ1v) is 9.65. The fourth-order valence-electron chi connectivity index (χ4n) is 3.56. The van der Waals surface area contributed by atoms with E-state index in [9.17, 15) is 9.59 Å². The molecule has 0 bridgehead atoms. The van der Waals surface area contributed by atoms with Crippen LogP contribution in [0.3, 0.4) is 0 Å². The summed E-state index contributed by atoms with van der Waals surface area (Å²) in [4.78, 5) is 29.0. The summed E-state index contributed by atoms with van der Waals surface area (Å²) < 4.78 is 5.36. The minimum atomic E-state index is -0.0515. The van der Waals surface area contributed by atoms with Gasteiger partial charge in [0.25, 0.3) is 0 Å². The van der Waals surface area contributed by atoms with Crippen LogP contribution >= 0.6 is 0 Å². The number of hydrogen-bond acceptors (Lipinski definition) is 4. The van der Waals surface area contributed by atoms with Crippen molar-refractivity contribution >= 4 is 11.8 Å². The van der Waals surface area contributed by atoms with Crippen LogP contribution in [0.1, 0.15) is 32.6 Å². The highest BCUT2D eigenvalue weighted by Gasteiger charge is 2.29. The average molecular weight is 349 g/mol. The molecule has 25 heavy (non-hydrogen) atoms. The number of rotatable bonds is 6. The van der Waals surface area contributed by atoms with E-state index in [4.69, 9.17) is 4.74 Å². The van der Waals surface area contributed by atoms with E-state index in [1.165, 1.54) is 12.8 Å². The van der Waals surface area contributed by atoms with Crippen LogP contribution in [0.5, 0.6) is 0 Å². The van der Waals surface area contributed by atoms with Crippen LogP contribution in [0.15, 0.2) is 11.6 Å².